The zero-order valence-corrected chi connectivity index (χ0v) is 21.1. The van der Waals surface area contributed by atoms with Crippen molar-refractivity contribution in [2.45, 2.75) is 32.0 Å². The number of nitrogens with one attached hydrogen (secondary N) is 1. The fourth-order valence-electron chi connectivity index (χ4n) is 4.29. The predicted octanol–water partition coefficient (Wildman–Crippen LogP) is 2.06. The number of halogens is 2. The highest BCUT2D eigenvalue weighted by atomic mass is 35.5. The van der Waals surface area contributed by atoms with E-state index in [4.69, 9.17) is 14.2 Å². The number of fused-ring (bicyclic) bond motifs is 2. The van der Waals surface area contributed by atoms with E-state index in [0.29, 0.717) is 55.1 Å². The van der Waals surface area contributed by atoms with Crippen LogP contribution in [0.4, 0.5) is 0 Å². The topological polar surface area (TPSA) is 104 Å². The minimum absolute atomic E-state index is 0. The van der Waals surface area contributed by atoms with Crippen LogP contribution in [0, 0.1) is 0 Å². The average Bonchev–Trinajstić information content (AvgIpc) is 2.87. The van der Waals surface area contributed by atoms with Crippen molar-refractivity contribution in [2.75, 3.05) is 40.0 Å². The van der Waals surface area contributed by atoms with E-state index in [9.17, 15) is 4.79 Å². The van der Waals surface area contributed by atoms with Crippen LogP contribution < -0.4 is 25.1 Å². The number of rotatable bonds is 7. The van der Waals surface area contributed by atoms with E-state index in [-0.39, 0.29) is 30.4 Å². The van der Waals surface area contributed by atoms with Crippen LogP contribution in [0.15, 0.2) is 35.4 Å². The van der Waals surface area contributed by atoms with Gasteiger partial charge in [0, 0.05) is 37.8 Å². The third-order valence-electron chi connectivity index (χ3n) is 6.16. The molecule has 1 fully saturated rings. The number of ether oxygens (including phenoxy) is 3. The van der Waals surface area contributed by atoms with Crippen molar-refractivity contribution in [3.63, 3.8) is 0 Å². The molecule has 0 amide bonds. The van der Waals surface area contributed by atoms with Gasteiger partial charge in [-0.1, -0.05) is 0 Å². The van der Waals surface area contributed by atoms with Gasteiger partial charge in [-0.25, -0.2) is 4.98 Å². The molecule has 0 saturated carbocycles. The Kier molecular flexibility index (Phi) is 9.50. The molecule has 2 aliphatic rings. The Morgan fingerprint density at radius 2 is 1.83 bits per heavy atom. The first-order chi connectivity index (χ1) is 16.2. The lowest BCUT2D eigenvalue weighted by Gasteiger charge is -2.32. The summed E-state index contributed by atoms with van der Waals surface area (Å²) in [6.45, 7) is 5.15. The highest BCUT2D eigenvalue weighted by Crippen LogP contribution is 2.29. The Morgan fingerprint density at radius 1 is 1.06 bits per heavy atom. The molecule has 10 nitrogen and oxygen atoms in total. The quantitative estimate of drug-likeness (QED) is 0.497. The van der Waals surface area contributed by atoms with E-state index in [1.54, 1.807) is 23.9 Å². The third-order valence-corrected chi connectivity index (χ3v) is 6.16. The van der Waals surface area contributed by atoms with E-state index in [0.717, 1.165) is 43.9 Å². The maximum absolute atomic E-state index is 12.4. The van der Waals surface area contributed by atoms with E-state index < -0.39 is 0 Å². The van der Waals surface area contributed by atoms with Crippen LogP contribution in [0.3, 0.4) is 0 Å². The molecule has 0 bridgehead atoms. The number of likely N-dealkylation sites (tertiary alicyclic amines) is 1. The van der Waals surface area contributed by atoms with Gasteiger partial charge in [0.1, 0.15) is 18.7 Å². The summed E-state index contributed by atoms with van der Waals surface area (Å²) >= 11 is 0. The number of piperidine rings is 1. The summed E-state index contributed by atoms with van der Waals surface area (Å²) in [6.07, 6.45) is 5.19. The maximum Gasteiger partial charge on any atom is 0.270 e. The van der Waals surface area contributed by atoms with Crippen LogP contribution in [0.2, 0.25) is 0 Å². The van der Waals surface area contributed by atoms with Crippen LogP contribution in [0.25, 0.3) is 11.2 Å². The molecule has 0 atom stereocenters. The molecule has 0 radical (unpaired) electrons. The van der Waals surface area contributed by atoms with E-state index >= 15 is 0 Å². The van der Waals surface area contributed by atoms with Crippen molar-refractivity contribution in [3.8, 4) is 17.4 Å². The van der Waals surface area contributed by atoms with Crippen molar-refractivity contribution in [3.05, 3.63) is 46.6 Å². The molecule has 0 spiro atoms. The van der Waals surface area contributed by atoms with Crippen LogP contribution in [-0.2, 0) is 13.1 Å². The van der Waals surface area contributed by atoms with Gasteiger partial charge in [0.15, 0.2) is 17.1 Å². The fraction of sp³-hybridized carbons (Fsp3) is 0.478. The summed E-state index contributed by atoms with van der Waals surface area (Å²) < 4.78 is 18.1. The Morgan fingerprint density at radius 3 is 2.60 bits per heavy atom. The summed E-state index contributed by atoms with van der Waals surface area (Å²) in [7, 11) is 1.56. The highest BCUT2D eigenvalue weighted by Gasteiger charge is 2.20. The number of aromatic nitrogens is 4. The van der Waals surface area contributed by atoms with E-state index in [2.05, 4.69) is 25.2 Å². The van der Waals surface area contributed by atoms with E-state index in [1.807, 2.05) is 12.1 Å². The molecule has 5 rings (SSSR count). The predicted molar refractivity (Wildman–Crippen MR) is 136 cm³/mol. The summed E-state index contributed by atoms with van der Waals surface area (Å²) in [5.41, 5.74) is 2.05. The molecule has 2 aliphatic heterocycles. The largest absolute Gasteiger partial charge is 0.486 e. The zero-order chi connectivity index (χ0) is 22.6. The van der Waals surface area contributed by atoms with Crippen LogP contribution >= 0.6 is 24.8 Å². The molecule has 3 aromatic heterocycles. The Bertz CT molecular complexity index is 1190. The van der Waals surface area contributed by atoms with Gasteiger partial charge in [0.25, 0.3) is 5.56 Å². The minimum Gasteiger partial charge on any atom is -0.486 e. The fourth-order valence-corrected chi connectivity index (χ4v) is 4.29. The average molecular weight is 525 g/mol. The summed E-state index contributed by atoms with van der Waals surface area (Å²) in [4.78, 5) is 27.9. The number of methoxy groups -OCH3 is 1. The lowest BCUT2D eigenvalue weighted by atomic mass is 10.0. The van der Waals surface area contributed by atoms with Gasteiger partial charge in [-0.2, -0.15) is 4.98 Å². The van der Waals surface area contributed by atoms with Gasteiger partial charge in [-0.15, -0.1) is 24.8 Å². The molecule has 1 N–H and O–H groups in total. The van der Waals surface area contributed by atoms with Crippen LogP contribution in [0.1, 0.15) is 18.5 Å². The first kappa shape index (κ1) is 26.9. The third kappa shape index (κ3) is 6.32. The molecule has 3 aromatic rings. The van der Waals surface area contributed by atoms with Crippen LogP contribution in [-0.4, -0.2) is 70.4 Å². The second kappa shape index (κ2) is 12.3. The Labute approximate surface area is 215 Å². The number of pyridine rings is 2. The van der Waals surface area contributed by atoms with Crippen molar-refractivity contribution >= 4 is 36.0 Å². The normalized spacial score (nSPS) is 15.8. The smallest absolute Gasteiger partial charge is 0.270 e. The SMILES string of the molecule is COc1ccc2ncc(=O)n(CCN3CCC(NCc4cc5c(cn4)OCCO5)CC3)c2n1.Cl.Cl. The molecule has 190 valence electrons. The van der Waals surface area contributed by atoms with Gasteiger partial charge in [0.05, 0.1) is 25.2 Å². The second-order valence-corrected chi connectivity index (χ2v) is 8.26. The number of nitrogens with zero attached hydrogens (tertiary/aromatic N) is 5. The highest BCUT2D eigenvalue weighted by molar-refractivity contribution is 5.85. The first-order valence-corrected chi connectivity index (χ1v) is 11.3. The Hall–Kier alpha value is -2.66. The standard InChI is InChI=1S/C23H28N6O4.2ClH/c1-31-21-3-2-18-23(27-21)29(22(30)15-26-18)9-8-28-6-4-16(5-7-28)24-13-17-12-19-20(14-25-17)33-11-10-32-19;;/h2-3,12,14-16,24H,4-11,13H2,1H3;2*1H. The molecule has 0 aliphatic carbocycles. The van der Waals surface area contributed by atoms with Gasteiger partial charge in [0.2, 0.25) is 5.88 Å². The summed E-state index contributed by atoms with van der Waals surface area (Å²) in [5, 5.41) is 3.61. The zero-order valence-electron chi connectivity index (χ0n) is 19.5. The molecule has 0 aromatic carbocycles. The molecule has 1 saturated heterocycles. The van der Waals surface area contributed by atoms with Crippen LogP contribution in [0.5, 0.6) is 17.4 Å². The lowest BCUT2D eigenvalue weighted by molar-refractivity contribution is 0.170. The lowest BCUT2D eigenvalue weighted by Crippen LogP contribution is -2.43. The second-order valence-electron chi connectivity index (χ2n) is 8.26. The first-order valence-electron chi connectivity index (χ1n) is 11.3. The number of hydrogen-bond donors (Lipinski definition) is 1. The Balaban J connectivity index is 0.00000171. The monoisotopic (exact) mass is 524 g/mol. The van der Waals surface area contributed by atoms with Gasteiger partial charge >= 0.3 is 0 Å². The van der Waals surface area contributed by atoms with Crippen molar-refractivity contribution in [2.24, 2.45) is 0 Å². The van der Waals surface area contributed by atoms with Crippen molar-refractivity contribution in [1.82, 2.24) is 29.7 Å². The molecule has 35 heavy (non-hydrogen) atoms. The number of hydrogen-bond acceptors (Lipinski definition) is 9. The maximum atomic E-state index is 12.4. The summed E-state index contributed by atoms with van der Waals surface area (Å²) in [6, 6.07) is 5.97. The molecular weight excluding hydrogens is 495 g/mol. The molecule has 5 heterocycles. The van der Waals surface area contributed by atoms with Crippen molar-refractivity contribution in [1.29, 1.82) is 0 Å². The minimum atomic E-state index is -0.147. The van der Waals surface area contributed by atoms with E-state index in [1.165, 1.54) is 6.20 Å². The van der Waals surface area contributed by atoms with Gasteiger partial charge < -0.3 is 24.4 Å². The molecular formula is C23H30Cl2N6O4. The molecule has 12 heteroatoms. The van der Waals surface area contributed by atoms with Gasteiger partial charge in [-0.3, -0.25) is 14.3 Å². The summed E-state index contributed by atoms with van der Waals surface area (Å²) in [5.74, 6) is 1.96. The van der Waals surface area contributed by atoms with Crippen molar-refractivity contribution < 1.29 is 14.2 Å². The molecule has 0 unspecified atom stereocenters. The van der Waals surface area contributed by atoms with Gasteiger partial charge in [-0.05, 0) is 32.0 Å².